The molecule has 4 nitrogen and oxygen atoms in total. The number of hydrogen-bond acceptors (Lipinski definition) is 4. The summed E-state index contributed by atoms with van der Waals surface area (Å²) in [6.07, 6.45) is 14.4. The molecule has 0 aliphatic carbocycles. The molecule has 0 amide bonds. The van der Waals surface area contributed by atoms with Gasteiger partial charge in [0.25, 0.3) is 0 Å². The number of hydrogen-bond donors (Lipinski definition) is 0. The summed E-state index contributed by atoms with van der Waals surface area (Å²) >= 11 is 0. The van der Waals surface area contributed by atoms with Crippen molar-refractivity contribution in [1.29, 1.82) is 0 Å². The Kier molecular flexibility index (Phi) is 10.0. The largest absolute Gasteiger partial charge is 0.497 e. The molecule has 1 aliphatic heterocycles. The van der Waals surface area contributed by atoms with E-state index in [2.05, 4.69) is 37.3 Å². The van der Waals surface area contributed by atoms with Gasteiger partial charge in [0.1, 0.15) is 5.75 Å². The first kappa shape index (κ1) is 22.4. The van der Waals surface area contributed by atoms with Crippen molar-refractivity contribution in [3.8, 4) is 5.75 Å². The molecule has 0 fully saturated rings. The SMILES string of the molecule is COc1ccc(COCC[C@@H](C)/C=C\C=C\[C@H]2CC=CC(OC(C)C)O2)cc1. The topological polar surface area (TPSA) is 36.9 Å². The van der Waals surface area contributed by atoms with Crippen LogP contribution in [-0.2, 0) is 20.8 Å². The minimum Gasteiger partial charge on any atom is -0.497 e. The van der Waals surface area contributed by atoms with Crippen molar-refractivity contribution in [2.24, 2.45) is 5.92 Å². The molecule has 0 aromatic heterocycles. The maximum absolute atomic E-state index is 5.88. The van der Waals surface area contributed by atoms with Crippen LogP contribution in [0.15, 0.2) is 60.7 Å². The average Bonchev–Trinajstić information content (AvgIpc) is 2.69. The monoisotopic (exact) mass is 386 g/mol. The first-order valence-electron chi connectivity index (χ1n) is 10.1. The predicted molar refractivity (Wildman–Crippen MR) is 113 cm³/mol. The highest BCUT2D eigenvalue weighted by Crippen LogP contribution is 2.16. The van der Waals surface area contributed by atoms with Crippen LogP contribution in [0.1, 0.15) is 39.2 Å². The van der Waals surface area contributed by atoms with Gasteiger partial charge < -0.3 is 18.9 Å². The van der Waals surface area contributed by atoms with Gasteiger partial charge in [0.15, 0.2) is 6.29 Å². The zero-order valence-corrected chi connectivity index (χ0v) is 17.5. The van der Waals surface area contributed by atoms with E-state index in [0.29, 0.717) is 12.5 Å². The molecule has 154 valence electrons. The first-order valence-corrected chi connectivity index (χ1v) is 10.1. The highest BCUT2D eigenvalue weighted by molar-refractivity contribution is 5.26. The molecule has 1 unspecified atom stereocenters. The molecule has 0 bridgehead atoms. The van der Waals surface area contributed by atoms with Crippen LogP contribution in [0.2, 0.25) is 0 Å². The molecule has 1 aromatic rings. The molecule has 2 rings (SSSR count). The van der Waals surface area contributed by atoms with Crippen LogP contribution in [0.25, 0.3) is 0 Å². The quantitative estimate of drug-likeness (QED) is 0.288. The number of methoxy groups -OCH3 is 1. The highest BCUT2D eigenvalue weighted by Gasteiger charge is 2.16. The van der Waals surface area contributed by atoms with Gasteiger partial charge in [0, 0.05) is 6.61 Å². The third-order valence-corrected chi connectivity index (χ3v) is 4.40. The Morgan fingerprint density at radius 3 is 2.64 bits per heavy atom. The van der Waals surface area contributed by atoms with Crippen LogP contribution < -0.4 is 4.74 Å². The zero-order chi connectivity index (χ0) is 20.2. The van der Waals surface area contributed by atoms with Gasteiger partial charge in [-0.15, -0.1) is 0 Å². The van der Waals surface area contributed by atoms with Crippen LogP contribution in [0, 0.1) is 5.92 Å². The number of benzene rings is 1. The van der Waals surface area contributed by atoms with Crippen molar-refractivity contribution in [1.82, 2.24) is 0 Å². The smallest absolute Gasteiger partial charge is 0.177 e. The molecule has 0 spiro atoms. The summed E-state index contributed by atoms with van der Waals surface area (Å²) in [5, 5.41) is 0. The van der Waals surface area contributed by atoms with Gasteiger partial charge in [0.05, 0.1) is 25.9 Å². The second kappa shape index (κ2) is 12.6. The van der Waals surface area contributed by atoms with Crippen molar-refractivity contribution in [2.75, 3.05) is 13.7 Å². The number of rotatable bonds is 11. The third kappa shape index (κ3) is 8.87. The Hall–Kier alpha value is -1.88. The van der Waals surface area contributed by atoms with E-state index in [1.807, 2.05) is 44.2 Å². The molecule has 0 radical (unpaired) electrons. The van der Waals surface area contributed by atoms with Gasteiger partial charge in [-0.3, -0.25) is 0 Å². The Morgan fingerprint density at radius 1 is 1.14 bits per heavy atom. The van der Waals surface area contributed by atoms with E-state index in [1.54, 1.807) is 7.11 Å². The Bertz CT molecular complexity index is 631. The van der Waals surface area contributed by atoms with Crippen molar-refractivity contribution in [3.05, 3.63) is 66.3 Å². The van der Waals surface area contributed by atoms with Gasteiger partial charge >= 0.3 is 0 Å². The van der Waals surface area contributed by atoms with Crippen LogP contribution in [0.3, 0.4) is 0 Å². The average molecular weight is 387 g/mol. The zero-order valence-electron chi connectivity index (χ0n) is 17.5. The maximum atomic E-state index is 5.88. The first-order chi connectivity index (χ1) is 13.6. The molecule has 0 saturated heterocycles. The molecule has 0 saturated carbocycles. The highest BCUT2D eigenvalue weighted by atomic mass is 16.7. The lowest BCUT2D eigenvalue weighted by atomic mass is 10.1. The van der Waals surface area contributed by atoms with E-state index in [-0.39, 0.29) is 18.5 Å². The summed E-state index contributed by atoms with van der Waals surface area (Å²) in [6.45, 7) is 7.61. The second-order valence-corrected chi connectivity index (χ2v) is 7.33. The molecule has 0 N–H and O–H groups in total. The summed E-state index contributed by atoms with van der Waals surface area (Å²) in [7, 11) is 1.67. The molecule has 1 heterocycles. The number of ether oxygens (including phenoxy) is 4. The van der Waals surface area contributed by atoms with Crippen molar-refractivity contribution >= 4 is 0 Å². The van der Waals surface area contributed by atoms with Crippen molar-refractivity contribution in [3.63, 3.8) is 0 Å². The van der Waals surface area contributed by atoms with Crippen LogP contribution in [0.4, 0.5) is 0 Å². The van der Waals surface area contributed by atoms with Gasteiger partial charge in [-0.05, 0) is 56.4 Å². The lowest BCUT2D eigenvalue weighted by Gasteiger charge is -2.25. The summed E-state index contributed by atoms with van der Waals surface area (Å²) in [6, 6.07) is 7.98. The van der Waals surface area contributed by atoms with E-state index in [0.717, 1.165) is 30.8 Å². The summed E-state index contributed by atoms with van der Waals surface area (Å²) in [5.41, 5.74) is 1.16. The number of allylic oxidation sites excluding steroid dienone is 3. The molecular formula is C24H34O4. The molecule has 3 atom stereocenters. The Morgan fingerprint density at radius 2 is 1.93 bits per heavy atom. The fourth-order valence-corrected chi connectivity index (χ4v) is 2.79. The minimum atomic E-state index is -0.242. The van der Waals surface area contributed by atoms with E-state index in [9.17, 15) is 0 Å². The third-order valence-electron chi connectivity index (χ3n) is 4.40. The molecule has 1 aliphatic rings. The molecule has 28 heavy (non-hydrogen) atoms. The minimum absolute atomic E-state index is 0.0709. The van der Waals surface area contributed by atoms with E-state index in [4.69, 9.17) is 18.9 Å². The van der Waals surface area contributed by atoms with Gasteiger partial charge in [-0.25, -0.2) is 0 Å². The Labute approximate surface area is 169 Å². The second-order valence-electron chi connectivity index (χ2n) is 7.33. The standard InChI is InChI=1S/C24H34O4/c1-19(2)27-24-11-7-10-23(28-24)9-6-5-8-20(3)16-17-26-18-21-12-14-22(25-4)15-13-21/h5-9,11-15,19-20,23-24H,10,16-18H2,1-4H3/b8-5-,9-6+/t20-,23-,24?/m0/s1. The van der Waals surface area contributed by atoms with E-state index in [1.165, 1.54) is 0 Å². The summed E-state index contributed by atoms with van der Waals surface area (Å²) < 4.78 is 22.5. The van der Waals surface area contributed by atoms with Gasteiger partial charge in [-0.2, -0.15) is 0 Å². The van der Waals surface area contributed by atoms with Crippen LogP contribution >= 0.6 is 0 Å². The lowest BCUT2D eigenvalue weighted by Crippen LogP contribution is -2.27. The Balaban J connectivity index is 1.61. The van der Waals surface area contributed by atoms with Crippen LogP contribution in [0.5, 0.6) is 5.75 Å². The normalized spacial score (nSPS) is 21.0. The fourth-order valence-electron chi connectivity index (χ4n) is 2.79. The lowest BCUT2D eigenvalue weighted by molar-refractivity contribution is -0.154. The predicted octanol–water partition coefficient (Wildman–Crippen LogP) is 5.45. The van der Waals surface area contributed by atoms with Gasteiger partial charge in [0.2, 0.25) is 0 Å². The van der Waals surface area contributed by atoms with Crippen LogP contribution in [-0.4, -0.2) is 32.2 Å². The van der Waals surface area contributed by atoms with Crippen molar-refractivity contribution < 1.29 is 18.9 Å². The van der Waals surface area contributed by atoms with E-state index < -0.39 is 0 Å². The fraction of sp³-hybridized carbons (Fsp3) is 0.500. The summed E-state index contributed by atoms with van der Waals surface area (Å²) in [4.78, 5) is 0. The van der Waals surface area contributed by atoms with Crippen molar-refractivity contribution in [2.45, 2.75) is 58.7 Å². The van der Waals surface area contributed by atoms with E-state index >= 15 is 0 Å². The molecule has 4 heteroatoms. The molecule has 1 aromatic carbocycles. The van der Waals surface area contributed by atoms with Gasteiger partial charge in [-0.1, -0.05) is 49.4 Å². The molecular weight excluding hydrogens is 352 g/mol. The maximum Gasteiger partial charge on any atom is 0.177 e. The summed E-state index contributed by atoms with van der Waals surface area (Å²) in [5.74, 6) is 1.33.